The Labute approximate surface area is 117 Å². The summed E-state index contributed by atoms with van der Waals surface area (Å²) in [6.45, 7) is 0. The molecule has 1 saturated carbocycles. The van der Waals surface area contributed by atoms with E-state index in [1.165, 1.54) is 6.07 Å². The van der Waals surface area contributed by atoms with Gasteiger partial charge in [0.25, 0.3) is 5.56 Å². The van der Waals surface area contributed by atoms with E-state index in [1.807, 2.05) is 0 Å². The number of carbonyl (C=O) groups excluding carboxylic acids is 1. The highest BCUT2D eigenvalue weighted by Gasteiger charge is 2.44. The smallest absolute Gasteiger partial charge is 0.271 e. The third kappa shape index (κ3) is 2.78. The predicted molar refractivity (Wildman–Crippen MR) is 68.5 cm³/mol. The van der Waals surface area contributed by atoms with E-state index in [4.69, 9.17) is 0 Å². The van der Waals surface area contributed by atoms with Crippen LogP contribution in [0.15, 0.2) is 29.2 Å². The van der Waals surface area contributed by atoms with Crippen molar-refractivity contribution in [3.8, 4) is 0 Å². The second-order valence-corrected chi connectivity index (χ2v) is 4.79. The predicted octanol–water partition coefficient (Wildman–Crippen LogP) is 1.19. The molecule has 2 N–H and O–H groups in total. The minimum Gasteiger partial charge on any atom is -0.294 e. The van der Waals surface area contributed by atoms with E-state index < -0.39 is 17.2 Å². The number of nitrogens with zero attached hydrogens (tertiary/aromatic N) is 2. The van der Waals surface area contributed by atoms with Crippen LogP contribution >= 0.6 is 0 Å². The molecule has 0 aliphatic heterocycles. The van der Waals surface area contributed by atoms with Gasteiger partial charge in [0.15, 0.2) is 11.6 Å². The van der Waals surface area contributed by atoms with Crippen LogP contribution in [-0.4, -0.2) is 21.1 Å². The SMILES string of the molecule is O=C(Nc1nncc(=O)[nH]1)[C@H]1C[C@H]1c1ccc(F)c(F)c1. The Morgan fingerprint density at radius 3 is 2.86 bits per heavy atom. The molecule has 108 valence electrons. The van der Waals surface area contributed by atoms with Gasteiger partial charge in [0.1, 0.15) is 6.20 Å². The first kappa shape index (κ1) is 13.3. The van der Waals surface area contributed by atoms with Gasteiger partial charge in [0.05, 0.1) is 0 Å². The summed E-state index contributed by atoms with van der Waals surface area (Å²) in [5.74, 6) is -2.76. The second-order valence-electron chi connectivity index (χ2n) is 4.79. The molecule has 8 heteroatoms. The molecule has 0 bridgehead atoms. The van der Waals surface area contributed by atoms with E-state index in [-0.39, 0.29) is 23.7 Å². The number of carbonyl (C=O) groups is 1. The number of rotatable bonds is 3. The van der Waals surface area contributed by atoms with Gasteiger partial charge >= 0.3 is 0 Å². The molecule has 0 spiro atoms. The Hall–Kier alpha value is -2.64. The molecule has 2 aromatic rings. The van der Waals surface area contributed by atoms with Gasteiger partial charge in [-0.15, -0.1) is 10.2 Å². The summed E-state index contributed by atoms with van der Waals surface area (Å²) in [7, 11) is 0. The van der Waals surface area contributed by atoms with Crippen LogP contribution in [0.25, 0.3) is 0 Å². The fraction of sp³-hybridized carbons (Fsp3) is 0.231. The summed E-state index contributed by atoms with van der Waals surface area (Å²) in [6.07, 6.45) is 1.51. The number of benzene rings is 1. The first-order valence-corrected chi connectivity index (χ1v) is 6.22. The quantitative estimate of drug-likeness (QED) is 0.889. The lowest BCUT2D eigenvalue weighted by molar-refractivity contribution is -0.117. The van der Waals surface area contributed by atoms with E-state index in [1.54, 1.807) is 0 Å². The number of aromatic amines is 1. The number of amides is 1. The van der Waals surface area contributed by atoms with Crippen molar-refractivity contribution < 1.29 is 13.6 Å². The van der Waals surface area contributed by atoms with Crippen molar-refractivity contribution in [2.75, 3.05) is 5.32 Å². The molecular formula is C13H10F2N4O2. The highest BCUT2D eigenvalue weighted by Crippen LogP contribution is 2.48. The van der Waals surface area contributed by atoms with Crippen LogP contribution in [0, 0.1) is 17.6 Å². The van der Waals surface area contributed by atoms with Gasteiger partial charge in [-0.25, -0.2) is 8.78 Å². The van der Waals surface area contributed by atoms with Crippen LogP contribution in [0.5, 0.6) is 0 Å². The molecule has 1 heterocycles. The molecule has 1 aliphatic carbocycles. The minimum absolute atomic E-state index is 0.0385. The first-order valence-electron chi connectivity index (χ1n) is 6.22. The van der Waals surface area contributed by atoms with E-state index in [9.17, 15) is 18.4 Å². The van der Waals surface area contributed by atoms with Gasteiger partial charge in [-0.3, -0.25) is 19.9 Å². The van der Waals surface area contributed by atoms with E-state index in [0.29, 0.717) is 12.0 Å². The highest BCUT2D eigenvalue weighted by molar-refractivity contribution is 5.93. The van der Waals surface area contributed by atoms with Crippen LogP contribution < -0.4 is 10.9 Å². The van der Waals surface area contributed by atoms with Crippen molar-refractivity contribution >= 4 is 11.9 Å². The first-order chi connectivity index (χ1) is 10.0. The normalized spacial score (nSPS) is 20.1. The molecular weight excluding hydrogens is 282 g/mol. The van der Waals surface area contributed by atoms with E-state index in [0.717, 1.165) is 18.3 Å². The van der Waals surface area contributed by atoms with Crippen LogP contribution in [-0.2, 0) is 4.79 Å². The Morgan fingerprint density at radius 2 is 2.14 bits per heavy atom. The summed E-state index contributed by atoms with van der Waals surface area (Å²) in [5, 5.41) is 9.42. The third-order valence-electron chi connectivity index (χ3n) is 3.31. The molecule has 0 radical (unpaired) electrons. The van der Waals surface area contributed by atoms with Gasteiger partial charge < -0.3 is 0 Å². The second kappa shape index (κ2) is 5.04. The van der Waals surface area contributed by atoms with Gasteiger partial charge in [0.2, 0.25) is 11.9 Å². The van der Waals surface area contributed by atoms with Gasteiger partial charge in [-0.05, 0) is 30.0 Å². The van der Waals surface area contributed by atoms with Crippen molar-refractivity contribution in [1.29, 1.82) is 0 Å². The maximum atomic E-state index is 13.2. The summed E-state index contributed by atoms with van der Waals surface area (Å²) in [6, 6.07) is 3.59. The molecule has 0 unspecified atom stereocenters. The Kier molecular flexibility index (Phi) is 3.20. The lowest BCUT2D eigenvalue weighted by atomic mass is 10.1. The van der Waals surface area contributed by atoms with E-state index in [2.05, 4.69) is 20.5 Å². The number of hydrogen-bond donors (Lipinski definition) is 2. The maximum Gasteiger partial charge on any atom is 0.271 e. The third-order valence-corrected chi connectivity index (χ3v) is 3.31. The lowest BCUT2D eigenvalue weighted by Crippen LogP contribution is -2.20. The molecule has 1 amide bonds. The largest absolute Gasteiger partial charge is 0.294 e. The number of H-pyrrole nitrogens is 1. The zero-order chi connectivity index (χ0) is 15.0. The Balaban J connectivity index is 1.68. The van der Waals surface area contributed by atoms with Crippen molar-refractivity contribution in [2.45, 2.75) is 12.3 Å². The Bertz CT molecular complexity index is 762. The summed E-state index contributed by atoms with van der Waals surface area (Å²) in [5.41, 5.74) is 0.0925. The van der Waals surface area contributed by atoms with E-state index >= 15 is 0 Å². The van der Waals surface area contributed by atoms with Gasteiger partial charge in [-0.1, -0.05) is 6.07 Å². The molecule has 1 aromatic heterocycles. The van der Waals surface area contributed by atoms with Crippen LogP contribution in [0.4, 0.5) is 14.7 Å². The molecule has 1 fully saturated rings. The number of anilines is 1. The fourth-order valence-electron chi connectivity index (χ4n) is 2.17. The molecule has 1 aliphatic rings. The van der Waals surface area contributed by atoms with Crippen molar-refractivity contribution in [3.05, 3.63) is 51.9 Å². The zero-order valence-corrected chi connectivity index (χ0v) is 10.6. The fourth-order valence-corrected chi connectivity index (χ4v) is 2.17. The summed E-state index contributed by atoms with van der Waals surface area (Å²) < 4.78 is 26.0. The molecule has 1 aromatic carbocycles. The van der Waals surface area contributed by atoms with Crippen LogP contribution in [0.1, 0.15) is 17.9 Å². The number of aromatic nitrogens is 3. The van der Waals surface area contributed by atoms with Gasteiger partial charge in [0, 0.05) is 5.92 Å². The molecule has 0 saturated heterocycles. The molecule has 3 rings (SSSR count). The average molecular weight is 292 g/mol. The Morgan fingerprint density at radius 1 is 1.33 bits per heavy atom. The average Bonchev–Trinajstić information content (AvgIpc) is 3.22. The molecule has 21 heavy (non-hydrogen) atoms. The number of nitrogens with one attached hydrogen (secondary N) is 2. The molecule has 2 atom stereocenters. The summed E-state index contributed by atoms with van der Waals surface area (Å²) >= 11 is 0. The topological polar surface area (TPSA) is 87.7 Å². The zero-order valence-electron chi connectivity index (χ0n) is 10.6. The molecule has 6 nitrogen and oxygen atoms in total. The van der Waals surface area contributed by atoms with Crippen molar-refractivity contribution in [1.82, 2.24) is 15.2 Å². The monoisotopic (exact) mass is 292 g/mol. The van der Waals surface area contributed by atoms with Crippen LogP contribution in [0.2, 0.25) is 0 Å². The lowest BCUT2D eigenvalue weighted by Gasteiger charge is -2.03. The number of hydrogen-bond acceptors (Lipinski definition) is 4. The summed E-state index contributed by atoms with van der Waals surface area (Å²) in [4.78, 5) is 25.3. The maximum absolute atomic E-state index is 13.2. The highest BCUT2D eigenvalue weighted by atomic mass is 19.2. The van der Waals surface area contributed by atoms with Crippen LogP contribution in [0.3, 0.4) is 0 Å². The van der Waals surface area contributed by atoms with Crippen molar-refractivity contribution in [3.63, 3.8) is 0 Å². The van der Waals surface area contributed by atoms with Crippen molar-refractivity contribution in [2.24, 2.45) is 5.92 Å². The standard InChI is InChI=1S/C13H10F2N4O2/c14-9-2-1-6(3-10(9)15)7-4-8(7)12(21)18-13-17-11(20)5-16-19-13/h1-3,5,7-8H,4H2,(H2,17,18,19,20,21)/t7-,8-/m0/s1. The minimum atomic E-state index is -0.934. The number of halogens is 2. The van der Waals surface area contributed by atoms with Gasteiger partial charge in [-0.2, -0.15) is 0 Å².